The average Bonchev–Trinajstić information content (AvgIpc) is 2.62. The Balaban J connectivity index is 2.64. The number of benzene rings is 2. The second kappa shape index (κ2) is 9.67. The quantitative estimate of drug-likeness (QED) is 0.424. The van der Waals surface area contributed by atoms with Crippen LogP contribution < -0.4 is 0 Å². The van der Waals surface area contributed by atoms with Crippen molar-refractivity contribution in [1.29, 1.82) is 0 Å². The molecule has 0 bridgehead atoms. The minimum Gasteiger partial charge on any atom is -0.0985 e. The Bertz CT molecular complexity index is 663. The standard InChI is InChI=1S/C24H34/c1-5-9-12-20-15-16-21(13-10-6-2)24-22(14-11-7-3)19(8-4)17-18-23(20)24/h8,15-18H,4-7,9-14H2,1-3H3. The van der Waals surface area contributed by atoms with Gasteiger partial charge < -0.3 is 0 Å². The van der Waals surface area contributed by atoms with Gasteiger partial charge in [0.05, 0.1) is 0 Å². The van der Waals surface area contributed by atoms with Crippen LogP contribution in [0.5, 0.6) is 0 Å². The van der Waals surface area contributed by atoms with E-state index < -0.39 is 0 Å². The van der Waals surface area contributed by atoms with Crippen molar-refractivity contribution in [1.82, 2.24) is 0 Å². The molecule has 0 aliphatic carbocycles. The highest BCUT2D eigenvalue weighted by Crippen LogP contribution is 2.32. The van der Waals surface area contributed by atoms with Crippen LogP contribution in [0.15, 0.2) is 30.8 Å². The second-order valence-corrected chi connectivity index (χ2v) is 6.95. The van der Waals surface area contributed by atoms with Crippen molar-refractivity contribution in [2.24, 2.45) is 0 Å². The fourth-order valence-corrected chi connectivity index (χ4v) is 3.65. The van der Waals surface area contributed by atoms with Crippen molar-refractivity contribution in [3.8, 4) is 0 Å². The fraction of sp³-hybridized carbons (Fsp3) is 0.500. The first-order valence-corrected chi connectivity index (χ1v) is 9.95. The topological polar surface area (TPSA) is 0 Å². The Labute approximate surface area is 149 Å². The minimum absolute atomic E-state index is 1.17. The normalized spacial score (nSPS) is 11.1. The third kappa shape index (κ3) is 4.29. The monoisotopic (exact) mass is 322 g/mol. The van der Waals surface area contributed by atoms with Crippen molar-refractivity contribution in [3.63, 3.8) is 0 Å². The lowest BCUT2D eigenvalue weighted by Gasteiger charge is -2.17. The van der Waals surface area contributed by atoms with E-state index >= 15 is 0 Å². The summed E-state index contributed by atoms with van der Waals surface area (Å²) in [5, 5.41) is 3.04. The summed E-state index contributed by atoms with van der Waals surface area (Å²) in [6, 6.07) is 9.44. The van der Waals surface area contributed by atoms with Crippen LogP contribution in [0, 0.1) is 0 Å². The molecule has 0 saturated carbocycles. The predicted octanol–water partition coefficient (Wildman–Crippen LogP) is 7.51. The molecular formula is C24H34. The molecule has 0 fully saturated rings. The van der Waals surface area contributed by atoms with Crippen LogP contribution in [-0.2, 0) is 19.3 Å². The number of hydrogen-bond donors (Lipinski definition) is 0. The summed E-state index contributed by atoms with van der Waals surface area (Å²) >= 11 is 0. The summed E-state index contributed by atoms with van der Waals surface area (Å²) in [7, 11) is 0. The Morgan fingerprint density at radius 3 is 1.96 bits per heavy atom. The van der Waals surface area contributed by atoms with Gasteiger partial charge in [0.25, 0.3) is 0 Å². The molecule has 2 aromatic carbocycles. The van der Waals surface area contributed by atoms with E-state index in [0.29, 0.717) is 0 Å². The molecule has 0 saturated heterocycles. The van der Waals surface area contributed by atoms with Crippen LogP contribution in [0.3, 0.4) is 0 Å². The highest BCUT2D eigenvalue weighted by atomic mass is 14.2. The maximum Gasteiger partial charge on any atom is -0.0111 e. The number of rotatable bonds is 10. The Morgan fingerprint density at radius 2 is 1.33 bits per heavy atom. The van der Waals surface area contributed by atoms with Gasteiger partial charge in [-0.25, -0.2) is 0 Å². The highest BCUT2D eigenvalue weighted by Gasteiger charge is 2.12. The van der Waals surface area contributed by atoms with Crippen LogP contribution in [0.2, 0.25) is 0 Å². The Morgan fingerprint density at radius 1 is 0.750 bits per heavy atom. The number of hydrogen-bond acceptors (Lipinski definition) is 0. The van der Waals surface area contributed by atoms with E-state index in [9.17, 15) is 0 Å². The zero-order chi connectivity index (χ0) is 17.4. The van der Waals surface area contributed by atoms with Crippen molar-refractivity contribution >= 4 is 16.8 Å². The van der Waals surface area contributed by atoms with E-state index in [2.05, 4.69) is 51.6 Å². The highest BCUT2D eigenvalue weighted by molar-refractivity contribution is 5.94. The molecule has 2 rings (SSSR count). The van der Waals surface area contributed by atoms with Crippen molar-refractivity contribution in [3.05, 3.63) is 53.1 Å². The van der Waals surface area contributed by atoms with E-state index in [1.807, 2.05) is 6.08 Å². The molecule has 0 amide bonds. The van der Waals surface area contributed by atoms with Gasteiger partial charge in [-0.1, -0.05) is 77.0 Å². The van der Waals surface area contributed by atoms with Crippen LogP contribution in [0.25, 0.3) is 16.8 Å². The lowest BCUT2D eigenvalue weighted by molar-refractivity contribution is 0.785. The first kappa shape index (κ1) is 18.8. The van der Waals surface area contributed by atoms with Crippen LogP contribution in [-0.4, -0.2) is 0 Å². The van der Waals surface area contributed by atoms with Crippen LogP contribution in [0.1, 0.15) is 81.5 Å². The second-order valence-electron chi connectivity index (χ2n) is 6.95. The molecule has 24 heavy (non-hydrogen) atoms. The smallest absolute Gasteiger partial charge is 0.0111 e. The van der Waals surface area contributed by atoms with E-state index in [-0.39, 0.29) is 0 Å². The van der Waals surface area contributed by atoms with Gasteiger partial charge in [0.2, 0.25) is 0 Å². The number of unbranched alkanes of at least 4 members (excludes halogenated alkanes) is 3. The van der Waals surface area contributed by atoms with Gasteiger partial charge in [0, 0.05) is 0 Å². The number of fused-ring (bicyclic) bond motifs is 1. The lowest BCUT2D eigenvalue weighted by Crippen LogP contribution is -1.99. The first-order chi connectivity index (χ1) is 11.8. The third-order valence-corrected chi connectivity index (χ3v) is 5.10. The summed E-state index contributed by atoms with van der Waals surface area (Å²) in [5.74, 6) is 0. The molecule has 0 spiro atoms. The Kier molecular flexibility index (Phi) is 7.56. The third-order valence-electron chi connectivity index (χ3n) is 5.10. The van der Waals surface area contributed by atoms with Crippen molar-refractivity contribution in [2.45, 2.75) is 78.6 Å². The van der Waals surface area contributed by atoms with E-state index in [4.69, 9.17) is 0 Å². The van der Waals surface area contributed by atoms with Gasteiger partial charge in [0.1, 0.15) is 0 Å². The summed E-state index contributed by atoms with van der Waals surface area (Å²) in [6.45, 7) is 10.9. The Hall–Kier alpha value is -1.56. The van der Waals surface area contributed by atoms with Gasteiger partial charge in [0.15, 0.2) is 0 Å². The van der Waals surface area contributed by atoms with Crippen molar-refractivity contribution in [2.75, 3.05) is 0 Å². The number of aryl methyl sites for hydroxylation is 3. The average molecular weight is 323 g/mol. The first-order valence-electron chi connectivity index (χ1n) is 9.95. The van der Waals surface area contributed by atoms with E-state index in [1.165, 1.54) is 79.9 Å². The summed E-state index contributed by atoms with van der Waals surface area (Å²) in [6.07, 6.45) is 13.2. The summed E-state index contributed by atoms with van der Waals surface area (Å²) < 4.78 is 0. The minimum atomic E-state index is 1.17. The maximum absolute atomic E-state index is 4.07. The fourth-order valence-electron chi connectivity index (χ4n) is 3.65. The van der Waals surface area contributed by atoms with E-state index in [0.717, 1.165) is 0 Å². The molecule has 0 unspecified atom stereocenters. The molecule has 0 heterocycles. The molecule has 130 valence electrons. The molecule has 0 nitrogen and oxygen atoms in total. The van der Waals surface area contributed by atoms with Gasteiger partial charge in [-0.2, -0.15) is 0 Å². The van der Waals surface area contributed by atoms with E-state index in [1.54, 1.807) is 10.9 Å². The van der Waals surface area contributed by atoms with Crippen LogP contribution in [0.4, 0.5) is 0 Å². The zero-order valence-electron chi connectivity index (χ0n) is 16.0. The van der Waals surface area contributed by atoms with Gasteiger partial charge in [-0.3, -0.25) is 0 Å². The molecule has 0 heteroatoms. The molecule has 0 radical (unpaired) electrons. The molecule has 0 atom stereocenters. The van der Waals surface area contributed by atoms with Gasteiger partial charge in [-0.15, -0.1) is 0 Å². The van der Waals surface area contributed by atoms with Gasteiger partial charge >= 0.3 is 0 Å². The molecule has 0 aromatic heterocycles. The molecule has 0 aliphatic rings. The molecule has 0 N–H and O–H groups in total. The molecule has 2 aromatic rings. The zero-order valence-corrected chi connectivity index (χ0v) is 16.0. The SMILES string of the molecule is C=Cc1ccc2c(CCCC)ccc(CCCC)c2c1CCCC. The predicted molar refractivity (Wildman–Crippen MR) is 110 cm³/mol. The summed E-state index contributed by atoms with van der Waals surface area (Å²) in [5.41, 5.74) is 5.94. The maximum atomic E-state index is 4.07. The van der Waals surface area contributed by atoms with Crippen LogP contribution >= 0.6 is 0 Å². The van der Waals surface area contributed by atoms with Crippen molar-refractivity contribution < 1.29 is 0 Å². The van der Waals surface area contributed by atoms with Gasteiger partial charge in [-0.05, 0) is 71.6 Å². The lowest BCUT2D eigenvalue weighted by atomic mass is 9.87. The molecular weight excluding hydrogens is 288 g/mol. The summed E-state index contributed by atoms with van der Waals surface area (Å²) in [4.78, 5) is 0. The molecule has 0 aliphatic heterocycles. The largest absolute Gasteiger partial charge is 0.0985 e.